The fourth-order valence-corrected chi connectivity index (χ4v) is 0.385. The van der Waals surface area contributed by atoms with E-state index in [0.717, 1.165) is 0 Å². The van der Waals surface area contributed by atoms with Gasteiger partial charge in [0, 0.05) is 0 Å². The van der Waals surface area contributed by atoms with E-state index in [-0.39, 0.29) is 0 Å². The Morgan fingerprint density at radius 1 is 1.62 bits per heavy atom. The standard InChI is InChI=1S/C2H7NO4S/c3-1-8(5,6)7-2-4/h4H,1-3H2. The van der Waals surface area contributed by atoms with Gasteiger partial charge in [-0.25, -0.2) is 4.18 Å². The smallest absolute Gasteiger partial charge is 0.282 e. The van der Waals surface area contributed by atoms with Gasteiger partial charge < -0.3 is 10.8 Å². The molecule has 0 heterocycles. The molecule has 0 aromatic rings. The SMILES string of the molecule is NCS(=O)(=O)OCO. The first-order chi connectivity index (χ1) is 3.62. The van der Waals surface area contributed by atoms with E-state index in [1.165, 1.54) is 0 Å². The highest BCUT2D eigenvalue weighted by Gasteiger charge is 2.04. The fraction of sp³-hybridized carbons (Fsp3) is 1.00. The second kappa shape index (κ2) is 2.98. The molecule has 0 aliphatic carbocycles. The van der Waals surface area contributed by atoms with Crippen LogP contribution in [0.5, 0.6) is 0 Å². The minimum Gasteiger partial charge on any atom is -0.369 e. The molecule has 0 atom stereocenters. The first-order valence-corrected chi connectivity index (χ1v) is 3.38. The Balaban J connectivity index is 3.76. The lowest BCUT2D eigenvalue weighted by atomic mass is 11.5. The Morgan fingerprint density at radius 2 is 2.12 bits per heavy atom. The van der Waals surface area contributed by atoms with Gasteiger partial charge in [-0.1, -0.05) is 0 Å². The summed E-state index contributed by atoms with van der Waals surface area (Å²) in [6, 6.07) is 0. The van der Waals surface area contributed by atoms with Crippen LogP contribution >= 0.6 is 0 Å². The van der Waals surface area contributed by atoms with Crippen molar-refractivity contribution in [1.29, 1.82) is 0 Å². The monoisotopic (exact) mass is 141 g/mol. The van der Waals surface area contributed by atoms with Crippen LogP contribution in [0.1, 0.15) is 0 Å². The molecule has 0 bridgehead atoms. The summed E-state index contributed by atoms with van der Waals surface area (Å²) in [6.45, 7) is -0.848. The maximum atomic E-state index is 10.1. The normalized spacial score (nSPS) is 11.8. The predicted octanol–water partition coefficient (Wildman–Crippen LogP) is -1.80. The van der Waals surface area contributed by atoms with E-state index >= 15 is 0 Å². The van der Waals surface area contributed by atoms with Crippen molar-refractivity contribution >= 4 is 10.1 Å². The van der Waals surface area contributed by atoms with E-state index in [4.69, 9.17) is 5.11 Å². The highest BCUT2D eigenvalue weighted by molar-refractivity contribution is 7.86. The van der Waals surface area contributed by atoms with Crippen molar-refractivity contribution in [3.8, 4) is 0 Å². The zero-order valence-corrected chi connectivity index (χ0v) is 4.89. The Bertz CT molecular complexity index is 138. The summed E-state index contributed by atoms with van der Waals surface area (Å²) in [5, 5.41) is 7.88. The zero-order chi connectivity index (χ0) is 6.62. The first kappa shape index (κ1) is 7.83. The molecular formula is C2H7NO4S. The number of hydrogen-bond donors (Lipinski definition) is 2. The van der Waals surface area contributed by atoms with Gasteiger partial charge in [0.05, 0.1) is 0 Å². The summed E-state index contributed by atoms with van der Waals surface area (Å²) in [5.41, 5.74) is 4.67. The van der Waals surface area contributed by atoms with Gasteiger partial charge in [-0.15, -0.1) is 0 Å². The van der Waals surface area contributed by atoms with Gasteiger partial charge in [-0.2, -0.15) is 8.42 Å². The first-order valence-electron chi connectivity index (χ1n) is 1.80. The molecule has 0 amide bonds. The molecule has 50 valence electrons. The summed E-state index contributed by atoms with van der Waals surface area (Å²) in [5.74, 6) is -0.604. The van der Waals surface area contributed by atoms with Gasteiger partial charge in [-0.3, -0.25) is 0 Å². The van der Waals surface area contributed by atoms with Crippen LogP contribution in [0.2, 0.25) is 0 Å². The van der Waals surface area contributed by atoms with Gasteiger partial charge in [0.25, 0.3) is 10.1 Å². The summed E-state index contributed by atoms with van der Waals surface area (Å²) in [6.07, 6.45) is 0. The van der Waals surface area contributed by atoms with Crippen LogP contribution in [0, 0.1) is 0 Å². The molecule has 0 saturated heterocycles. The lowest BCUT2D eigenvalue weighted by molar-refractivity contribution is 0.105. The molecule has 0 radical (unpaired) electrons. The second-order valence-electron chi connectivity index (χ2n) is 0.971. The van der Waals surface area contributed by atoms with Gasteiger partial charge in [0.1, 0.15) is 5.88 Å². The highest BCUT2D eigenvalue weighted by atomic mass is 32.2. The van der Waals surface area contributed by atoms with Gasteiger partial charge >= 0.3 is 0 Å². The maximum Gasteiger partial charge on any atom is 0.282 e. The van der Waals surface area contributed by atoms with E-state index in [1.54, 1.807) is 0 Å². The van der Waals surface area contributed by atoms with Crippen LogP contribution in [-0.2, 0) is 14.3 Å². The Kier molecular flexibility index (Phi) is 2.91. The summed E-state index contributed by atoms with van der Waals surface area (Å²) >= 11 is 0. The number of rotatable bonds is 3. The molecule has 8 heavy (non-hydrogen) atoms. The van der Waals surface area contributed by atoms with Crippen molar-refractivity contribution in [1.82, 2.24) is 0 Å². The molecule has 0 spiro atoms. The minimum atomic E-state index is -3.64. The molecule has 0 unspecified atom stereocenters. The number of aliphatic hydroxyl groups excluding tert-OH is 1. The van der Waals surface area contributed by atoms with Gasteiger partial charge in [-0.05, 0) is 0 Å². The van der Waals surface area contributed by atoms with Crippen molar-refractivity contribution in [2.45, 2.75) is 0 Å². The summed E-state index contributed by atoms with van der Waals surface area (Å²) < 4.78 is 24.0. The topological polar surface area (TPSA) is 89.6 Å². The quantitative estimate of drug-likeness (QED) is 0.357. The van der Waals surface area contributed by atoms with Crippen LogP contribution in [0.15, 0.2) is 0 Å². The second-order valence-corrected chi connectivity index (χ2v) is 2.66. The number of hydrogen-bond acceptors (Lipinski definition) is 5. The fourth-order valence-electron chi connectivity index (χ4n) is 0.128. The predicted molar refractivity (Wildman–Crippen MR) is 26.1 cm³/mol. The average Bonchev–Trinajstić information content (AvgIpc) is 1.67. The molecule has 0 rings (SSSR count). The average molecular weight is 141 g/mol. The number of aliphatic hydroxyl groups is 1. The molecule has 0 aliphatic rings. The van der Waals surface area contributed by atoms with Crippen molar-refractivity contribution in [2.75, 3.05) is 12.7 Å². The minimum absolute atomic E-state index is 0.604. The van der Waals surface area contributed by atoms with Gasteiger partial charge in [0.15, 0.2) is 6.79 Å². The Labute approximate surface area is 47.2 Å². The molecule has 3 N–H and O–H groups in total. The van der Waals surface area contributed by atoms with Crippen LogP contribution in [-0.4, -0.2) is 26.2 Å². The van der Waals surface area contributed by atoms with Crippen LogP contribution in [0.25, 0.3) is 0 Å². The maximum absolute atomic E-state index is 10.1. The molecule has 0 aliphatic heterocycles. The van der Waals surface area contributed by atoms with Crippen molar-refractivity contribution in [3.63, 3.8) is 0 Å². The third-order valence-electron chi connectivity index (χ3n) is 0.436. The highest BCUT2D eigenvalue weighted by Crippen LogP contribution is 1.84. The summed E-state index contributed by atoms with van der Waals surface area (Å²) in [7, 11) is -3.64. The largest absolute Gasteiger partial charge is 0.369 e. The van der Waals surface area contributed by atoms with E-state index in [9.17, 15) is 8.42 Å². The zero-order valence-electron chi connectivity index (χ0n) is 4.07. The van der Waals surface area contributed by atoms with Crippen molar-refractivity contribution in [3.05, 3.63) is 0 Å². The molecule has 0 fully saturated rings. The molecule has 0 saturated carbocycles. The molecular weight excluding hydrogens is 134 g/mol. The molecule has 0 aromatic carbocycles. The van der Waals surface area contributed by atoms with Crippen LogP contribution < -0.4 is 5.73 Å². The number of nitrogens with two attached hydrogens (primary N) is 1. The van der Waals surface area contributed by atoms with E-state index in [2.05, 4.69) is 9.92 Å². The van der Waals surface area contributed by atoms with E-state index < -0.39 is 22.8 Å². The third-order valence-corrected chi connectivity index (χ3v) is 1.31. The lowest BCUT2D eigenvalue weighted by Gasteiger charge is -1.95. The lowest BCUT2D eigenvalue weighted by Crippen LogP contribution is -2.17. The summed E-state index contributed by atoms with van der Waals surface area (Å²) in [4.78, 5) is 0. The van der Waals surface area contributed by atoms with E-state index in [0.29, 0.717) is 0 Å². The van der Waals surface area contributed by atoms with Crippen LogP contribution in [0.3, 0.4) is 0 Å². The van der Waals surface area contributed by atoms with Crippen molar-refractivity contribution < 1.29 is 17.7 Å². The van der Waals surface area contributed by atoms with Crippen molar-refractivity contribution in [2.24, 2.45) is 5.73 Å². The molecule has 0 aromatic heterocycles. The van der Waals surface area contributed by atoms with E-state index in [1.807, 2.05) is 0 Å². The Hall–Kier alpha value is -0.170. The van der Waals surface area contributed by atoms with Gasteiger partial charge in [0.2, 0.25) is 0 Å². The molecule has 6 heteroatoms. The van der Waals surface area contributed by atoms with Crippen LogP contribution in [0.4, 0.5) is 0 Å². The molecule has 5 nitrogen and oxygen atoms in total. The Morgan fingerprint density at radius 3 is 2.25 bits per heavy atom. The third kappa shape index (κ3) is 2.92.